The lowest BCUT2D eigenvalue weighted by Crippen LogP contribution is -2.23. The van der Waals surface area contributed by atoms with Gasteiger partial charge in [0.1, 0.15) is 5.82 Å². The van der Waals surface area contributed by atoms with Crippen LogP contribution in [-0.4, -0.2) is 5.91 Å². The first-order valence-electron chi connectivity index (χ1n) is 7.49. The smallest absolute Gasteiger partial charge is 0.347 e. The number of thiophene rings is 1. The van der Waals surface area contributed by atoms with Crippen molar-refractivity contribution in [2.75, 3.05) is 0 Å². The number of carbonyl (C=O) groups is 1. The molecular weight excluding hydrogens is 390 g/mol. The van der Waals surface area contributed by atoms with Crippen LogP contribution in [-0.2, 0) is 12.7 Å². The quantitative estimate of drug-likeness (QED) is 0.540. The molecule has 136 valence electrons. The van der Waals surface area contributed by atoms with Crippen molar-refractivity contribution in [2.24, 2.45) is 0 Å². The van der Waals surface area contributed by atoms with Gasteiger partial charge in [0.25, 0.3) is 5.91 Å². The van der Waals surface area contributed by atoms with E-state index in [1.54, 1.807) is 19.1 Å². The molecule has 0 radical (unpaired) electrons. The zero-order valence-corrected chi connectivity index (χ0v) is 14.9. The van der Waals surface area contributed by atoms with Crippen molar-refractivity contribution in [3.8, 4) is 0 Å². The fraction of sp³-hybridized carbons (Fsp3) is 0.167. The van der Waals surface area contributed by atoms with Gasteiger partial charge in [0, 0.05) is 16.3 Å². The third-order valence-corrected chi connectivity index (χ3v) is 5.40. The Morgan fingerprint density at radius 3 is 2.62 bits per heavy atom. The van der Waals surface area contributed by atoms with Crippen LogP contribution in [0.2, 0.25) is 5.02 Å². The summed E-state index contributed by atoms with van der Waals surface area (Å²) >= 11 is 7.24. The van der Waals surface area contributed by atoms with Crippen molar-refractivity contribution in [3.05, 3.63) is 68.8 Å². The van der Waals surface area contributed by atoms with E-state index >= 15 is 0 Å². The van der Waals surface area contributed by atoms with Gasteiger partial charge in [-0.3, -0.25) is 4.79 Å². The standard InChI is InChI=1S/C18H12ClF4NOS/c1-9-12-7-11(19)3-5-15(12)26-16(9)17(25)24-8-10-2-4-14(20)13(6-10)18(21,22)23/h2-7H,8H2,1H3,(H,24,25). The lowest BCUT2D eigenvalue weighted by atomic mass is 10.1. The van der Waals surface area contributed by atoms with E-state index < -0.39 is 23.5 Å². The van der Waals surface area contributed by atoms with E-state index in [-0.39, 0.29) is 12.1 Å². The molecule has 3 aromatic rings. The first-order valence-corrected chi connectivity index (χ1v) is 8.68. The van der Waals surface area contributed by atoms with Crippen molar-refractivity contribution >= 4 is 38.9 Å². The number of benzene rings is 2. The molecule has 0 spiro atoms. The summed E-state index contributed by atoms with van der Waals surface area (Å²) in [5, 5.41) is 3.99. The summed E-state index contributed by atoms with van der Waals surface area (Å²) in [6.45, 7) is 1.64. The van der Waals surface area contributed by atoms with Gasteiger partial charge in [0.05, 0.1) is 10.4 Å². The molecule has 0 atom stereocenters. The molecule has 1 aromatic heterocycles. The summed E-state index contributed by atoms with van der Waals surface area (Å²) < 4.78 is 52.5. The minimum atomic E-state index is -4.79. The molecule has 0 unspecified atom stereocenters. The minimum absolute atomic E-state index is 0.142. The van der Waals surface area contributed by atoms with Crippen LogP contribution < -0.4 is 5.32 Å². The second-order valence-electron chi connectivity index (χ2n) is 5.69. The summed E-state index contributed by atoms with van der Waals surface area (Å²) in [4.78, 5) is 12.9. The molecule has 0 bridgehead atoms. The summed E-state index contributed by atoms with van der Waals surface area (Å²) in [7, 11) is 0. The molecule has 2 nitrogen and oxygen atoms in total. The molecule has 1 heterocycles. The van der Waals surface area contributed by atoms with Crippen molar-refractivity contribution in [1.82, 2.24) is 5.32 Å². The molecule has 0 aliphatic rings. The average molecular weight is 402 g/mol. The normalized spacial score (nSPS) is 11.8. The molecule has 0 aliphatic carbocycles. The number of hydrogen-bond donors (Lipinski definition) is 1. The summed E-state index contributed by atoms with van der Waals surface area (Å²) in [5.41, 5.74) is -0.439. The van der Waals surface area contributed by atoms with E-state index in [9.17, 15) is 22.4 Å². The summed E-state index contributed by atoms with van der Waals surface area (Å²) in [5.74, 6) is -1.75. The molecule has 3 rings (SSSR count). The van der Waals surface area contributed by atoms with E-state index in [1.165, 1.54) is 17.4 Å². The zero-order valence-electron chi connectivity index (χ0n) is 13.4. The predicted molar refractivity (Wildman–Crippen MR) is 94.1 cm³/mol. The number of halogens is 5. The van der Waals surface area contributed by atoms with Crippen LogP contribution in [0.3, 0.4) is 0 Å². The van der Waals surface area contributed by atoms with E-state index in [4.69, 9.17) is 11.6 Å². The van der Waals surface area contributed by atoms with Gasteiger partial charge >= 0.3 is 6.18 Å². The third kappa shape index (κ3) is 3.68. The molecule has 1 amide bonds. The van der Waals surface area contributed by atoms with Crippen LogP contribution in [0.25, 0.3) is 10.1 Å². The fourth-order valence-electron chi connectivity index (χ4n) is 2.57. The van der Waals surface area contributed by atoms with Crippen LogP contribution in [0.4, 0.5) is 17.6 Å². The van der Waals surface area contributed by atoms with E-state index in [1.807, 2.05) is 6.07 Å². The Labute approximate surface area is 155 Å². The van der Waals surface area contributed by atoms with Crippen molar-refractivity contribution < 1.29 is 22.4 Å². The van der Waals surface area contributed by atoms with E-state index in [2.05, 4.69) is 5.32 Å². The van der Waals surface area contributed by atoms with Crippen LogP contribution in [0.15, 0.2) is 36.4 Å². The average Bonchev–Trinajstić information content (AvgIpc) is 2.89. The molecule has 2 aromatic carbocycles. The highest BCUT2D eigenvalue weighted by molar-refractivity contribution is 7.21. The van der Waals surface area contributed by atoms with E-state index in [0.29, 0.717) is 16.0 Å². The maximum Gasteiger partial charge on any atom is 0.419 e. The second kappa shape index (κ2) is 6.89. The van der Waals surface area contributed by atoms with Crippen molar-refractivity contribution in [3.63, 3.8) is 0 Å². The predicted octanol–water partition coefficient (Wildman–Crippen LogP) is 5.95. The molecule has 0 saturated heterocycles. The highest BCUT2D eigenvalue weighted by atomic mass is 35.5. The van der Waals surface area contributed by atoms with Crippen LogP contribution in [0.5, 0.6) is 0 Å². The molecule has 0 fully saturated rings. The van der Waals surface area contributed by atoms with Crippen LogP contribution >= 0.6 is 22.9 Å². The number of alkyl halides is 3. The van der Waals surface area contributed by atoms with Gasteiger partial charge in [-0.1, -0.05) is 17.7 Å². The van der Waals surface area contributed by atoms with Crippen molar-refractivity contribution in [1.29, 1.82) is 0 Å². The molecule has 8 heteroatoms. The van der Waals surface area contributed by atoms with Crippen LogP contribution in [0, 0.1) is 12.7 Å². The highest BCUT2D eigenvalue weighted by Gasteiger charge is 2.34. The Balaban J connectivity index is 1.81. The largest absolute Gasteiger partial charge is 0.419 e. The van der Waals surface area contributed by atoms with Gasteiger partial charge in [-0.05, 0) is 53.8 Å². The molecule has 26 heavy (non-hydrogen) atoms. The number of hydrogen-bond acceptors (Lipinski definition) is 2. The Morgan fingerprint density at radius 2 is 1.92 bits per heavy atom. The van der Waals surface area contributed by atoms with Gasteiger partial charge in [0.15, 0.2) is 0 Å². The number of aryl methyl sites for hydroxylation is 1. The van der Waals surface area contributed by atoms with E-state index in [0.717, 1.165) is 21.7 Å². The molecule has 0 saturated carbocycles. The maximum absolute atomic E-state index is 13.3. The summed E-state index contributed by atoms with van der Waals surface area (Å²) in [6.07, 6.45) is -4.79. The number of carbonyl (C=O) groups excluding carboxylic acids is 1. The molecule has 0 aliphatic heterocycles. The third-order valence-electron chi connectivity index (χ3n) is 3.89. The zero-order chi connectivity index (χ0) is 19.1. The molecular formula is C18H12ClF4NOS. The Kier molecular flexibility index (Phi) is 4.94. The maximum atomic E-state index is 13.3. The first kappa shape index (κ1) is 18.7. The summed E-state index contributed by atoms with van der Waals surface area (Å²) in [6, 6.07) is 7.95. The minimum Gasteiger partial charge on any atom is -0.347 e. The topological polar surface area (TPSA) is 29.1 Å². The Bertz CT molecular complexity index is 997. The van der Waals surface area contributed by atoms with Gasteiger partial charge in [-0.2, -0.15) is 13.2 Å². The van der Waals surface area contributed by atoms with Gasteiger partial charge in [-0.25, -0.2) is 4.39 Å². The monoisotopic (exact) mass is 401 g/mol. The second-order valence-corrected chi connectivity index (χ2v) is 7.18. The first-order chi connectivity index (χ1) is 12.2. The number of fused-ring (bicyclic) bond motifs is 1. The molecule has 1 N–H and O–H groups in total. The fourth-order valence-corrected chi connectivity index (χ4v) is 3.85. The SMILES string of the molecule is Cc1c(C(=O)NCc2ccc(F)c(C(F)(F)F)c2)sc2ccc(Cl)cc12. The number of rotatable bonds is 3. The lowest BCUT2D eigenvalue weighted by Gasteiger charge is -2.10. The Hall–Kier alpha value is -2.12. The van der Waals surface area contributed by atoms with Gasteiger partial charge in [0.2, 0.25) is 0 Å². The van der Waals surface area contributed by atoms with Crippen LogP contribution in [0.1, 0.15) is 26.4 Å². The number of amides is 1. The highest BCUT2D eigenvalue weighted by Crippen LogP contribution is 2.33. The van der Waals surface area contributed by atoms with Gasteiger partial charge < -0.3 is 5.32 Å². The Morgan fingerprint density at radius 1 is 1.19 bits per heavy atom. The van der Waals surface area contributed by atoms with Gasteiger partial charge in [-0.15, -0.1) is 11.3 Å². The lowest BCUT2D eigenvalue weighted by molar-refractivity contribution is -0.140. The van der Waals surface area contributed by atoms with Crippen molar-refractivity contribution in [2.45, 2.75) is 19.6 Å². The number of nitrogens with one attached hydrogen (secondary N) is 1.